The topological polar surface area (TPSA) is 89.1 Å². The second-order valence-electron chi connectivity index (χ2n) is 5.80. The molecule has 1 atom stereocenters. The van der Waals surface area contributed by atoms with Crippen molar-refractivity contribution in [3.05, 3.63) is 40.6 Å². The van der Waals surface area contributed by atoms with E-state index < -0.39 is 12.2 Å². The van der Waals surface area contributed by atoms with Crippen molar-refractivity contribution in [2.75, 3.05) is 24.8 Å². The van der Waals surface area contributed by atoms with Crippen molar-refractivity contribution >= 4 is 29.1 Å². The molecule has 26 heavy (non-hydrogen) atoms. The number of cyclic esters (lactones) is 1. The molecule has 1 saturated heterocycles. The standard InChI is InChI=1S/C17H17N3O5S/c21-16(19-8-13-2-1-5-26-13)18-7-12-9-20(17(22)25-12)11-3-4-14-15(6-11)24-10-23-14/h1-6,12H,7-10H2,(H2,18,19,21). The van der Waals surface area contributed by atoms with Gasteiger partial charge in [0.2, 0.25) is 6.79 Å². The van der Waals surface area contributed by atoms with Gasteiger partial charge in [-0.25, -0.2) is 9.59 Å². The average Bonchev–Trinajstić information content (AvgIpc) is 3.38. The molecular formula is C17H17N3O5S. The highest BCUT2D eigenvalue weighted by atomic mass is 32.1. The number of carbonyl (C=O) groups is 2. The summed E-state index contributed by atoms with van der Waals surface area (Å²) in [6.07, 6.45) is -0.866. The Balaban J connectivity index is 1.28. The smallest absolute Gasteiger partial charge is 0.414 e. The maximum atomic E-state index is 12.1. The molecule has 2 aromatic rings. The fraction of sp³-hybridized carbons (Fsp3) is 0.294. The average molecular weight is 375 g/mol. The van der Waals surface area contributed by atoms with E-state index in [0.717, 1.165) is 4.88 Å². The number of carbonyl (C=O) groups excluding carboxylic acids is 2. The summed E-state index contributed by atoms with van der Waals surface area (Å²) in [6, 6.07) is 8.87. The van der Waals surface area contributed by atoms with Crippen LogP contribution in [0.15, 0.2) is 35.7 Å². The first-order chi connectivity index (χ1) is 12.7. The number of ether oxygens (including phenoxy) is 3. The van der Waals surface area contributed by atoms with Gasteiger partial charge in [-0.05, 0) is 23.6 Å². The maximum absolute atomic E-state index is 12.1. The molecule has 1 aromatic carbocycles. The first-order valence-corrected chi connectivity index (χ1v) is 8.99. The van der Waals surface area contributed by atoms with Gasteiger partial charge in [-0.2, -0.15) is 0 Å². The Labute approximate surface area is 153 Å². The number of hydrogen-bond acceptors (Lipinski definition) is 6. The first-order valence-electron chi connectivity index (χ1n) is 8.11. The molecule has 4 rings (SSSR count). The normalized spacial score (nSPS) is 17.9. The van der Waals surface area contributed by atoms with Crippen LogP contribution in [0.1, 0.15) is 4.88 Å². The third-order valence-electron chi connectivity index (χ3n) is 4.04. The summed E-state index contributed by atoms with van der Waals surface area (Å²) in [5.41, 5.74) is 0.670. The minimum absolute atomic E-state index is 0.177. The summed E-state index contributed by atoms with van der Waals surface area (Å²) in [7, 11) is 0. The van der Waals surface area contributed by atoms with Gasteiger partial charge in [0.25, 0.3) is 0 Å². The number of fused-ring (bicyclic) bond motifs is 1. The van der Waals surface area contributed by atoms with Crippen molar-refractivity contribution < 1.29 is 23.8 Å². The van der Waals surface area contributed by atoms with Crippen LogP contribution in [0.5, 0.6) is 11.5 Å². The molecule has 8 nitrogen and oxygen atoms in total. The summed E-state index contributed by atoms with van der Waals surface area (Å²) in [4.78, 5) is 26.6. The third kappa shape index (κ3) is 3.52. The van der Waals surface area contributed by atoms with Gasteiger partial charge in [-0.1, -0.05) is 6.07 Å². The minimum Gasteiger partial charge on any atom is -0.454 e. The lowest BCUT2D eigenvalue weighted by molar-refractivity contribution is 0.140. The van der Waals surface area contributed by atoms with Crippen LogP contribution < -0.4 is 25.0 Å². The number of nitrogens with one attached hydrogen (secondary N) is 2. The van der Waals surface area contributed by atoms with E-state index in [4.69, 9.17) is 14.2 Å². The van der Waals surface area contributed by atoms with Crippen molar-refractivity contribution in [1.82, 2.24) is 10.6 Å². The molecule has 2 aliphatic rings. The maximum Gasteiger partial charge on any atom is 0.414 e. The molecule has 1 aromatic heterocycles. The molecule has 0 radical (unpaired) electrons. The van der Waals surface area contributed by atoms with Crippen molar-refractivity contribution in [3.8, 4) is 11.5 Å². The molecule has 136 valence electrons. The van der Waals surface area contributed by atoms with Crippen LogP contribution in [0, 0.1) is 0 Å². The largest absolute Gasteiger partial charge is 0.454 e. The van der Waals surface area contributed by atoms with Crippen molar-refractivity contribution in [1.29, 1.82) is 0 Å². The summed E-state index contributed by atoms with van der Waals surface area (Å²) in [5.74, 6) is 1.26. The molecule has 0 spiro atoms. The predicted molar refractivity (Wildman–Crippen MR) is 94.7 cm³/mol. The van der Waals surface area contributed by atoms with E-state index >= 15 is 0 Å². The second-order valence-corrected chi connectivity index (χ2v) is 6.83. The molecule has 3 heterocycles. The number of rotatable bonds is 5. The number of anilines is 1. The van der Waals surface area contributed by atoms with Gasteiger partial charge in [0.1, 0.15) is 6.10 Å². The minimum atomic E-state index is -0.449. The van der Waals surface area contributed by atoms with E-state index in [1.165, 1.54) is 4.90 Å². The van der Waals surface area contributed by atoms with Crippen molar-refractivity contribution in [2.45, 2.75) is 12.6 Å². The molecule has 2 N–H and O–H groups in total. The lowest BCUT2D eigenvalue weighted by atomic mass is 10.2. The Morgan fingerprint density at radius 1 is 1.23 bits per heavy atom. The van der Waals surface area contributed by atoms with Gasteiger partial charge in [0.05, 0.1) is 25.3 Å². The molecule has 1 fully saturated rings. The van der Waals surface area contributed by atoms with Crippen LogP contribution in [0.3, 0.4) is 0 Å². The molecule has 1 unspecified atom stereocenters. The van der Waals surface area contributed by atoms with Crippen LogP contribution in [0.2, 0.25) is 0 Å². The second kappa shape index (κ2) is 7.12. The molecule has 0 aliphatic carbocycles. The van der Waals surface area contributed by atoms with Gasteiger partial charge >= 0.3 is 12.1 Å². The highest BCUT2D eigenvalue weighted by molar-refractivity contribution is 7.09. The van der Waals surface area contributed by atoms with E-state index in [1.807, 2.05) is 17.5 Å². The number of urea groups is 1. The van der Waals surface area contributed by atoms with Crippen LogP contribution in [-0.2, 0) is 11.3 Å². The summed E-state index contributed by atoms with van der Waals surface area (Å²) >= 11 is 1.58. The Morgan fingerprint density at radius 2 is 2.12 bits per heavy atom. The van der Waals surface area contributed by atoms with E-state index in [1.54, 1.807) is 29.5 Å². The van der Waals surface area contributed by atoms with Crippen LogP contribution in [0.25, 0.3) is 0 Å². The Morgan fingerprint density at radius 3 is 2.96 bits per heavy atom. The zero-order chi connectivity index (χ0) is 17.9. The van der Waals surface area contributed by atoms with Gasteiger partial charge in [-0.15, -0.1) is 11.3 Å². The summed E-state index contributed by atoms with van der Waals surface area (Å²) in [5, 5.41) is 7.45. The predicted octanol–water partition coefficient (Wildman–Crippen LogP) is 2.30. The number of nitrogens with zero attached hydrogens (tertiary/aromatic N) is 1. The van der Waals surface area contributed by atoms with Crippen LogP contribution >= 0.6 is 11.3 Å². The highest BCUT2D eigenvalue weighted by Crippen LogP contribution is 2.36. The molecule has 9 heteroatoms. The number of amides is 3. The van der Waals surface area contributed by atoms with Crippen molar-refractivity contribution in [2.24, 2.45) is 0 Å². The number of benzene rings is 1. The van der Waals surface area contributed by atoms with Crippen LogP contribution in [-0.4, -0.2) is 38.1 Å². The van der Waals surface area contributed by atoms with Crippen LogP contribution in [0.4, 0.5) is 15.3 Å². The lowest BCUT2D eigenvalue weighted by Crippen LogP contribution is -2.40. The van der Waals surface area contributed by atoms with Crippen molar-refractivity contribution in [3.63, 3.8) is 0 Å². The fourth-order valence-electron chi connectivity index (χ4n) is 2.74. The fourth-order valence-corrected chi connectivity index (χ4v) is 3.39. The Bertz CT molecular complexity index is 811. The van der Waals surface area contributed by atoms with E-state index in [9.17, 15) is 9.59 Å². The number of hydrogen-bond donors (Lipinski definition) is 2. The lowest BCUT2D eigenvalue weighted by Gasteiger charge is -2.13. The molecule has 0 saturated carbocycles. The Kier molecular flexibility index (Phi) is 4.53. The molecule has 3 amide bonds. The highest BCUT2D eigenvalue weighted by Gasteiger charge is 2.33. The van der Waals surface area contributed by atoms with Gasteiger partial charge in [0.15, 0.2) is 11.5 Å². The monoisotopic (exact) mass is 375 g/mol. The third-order valence-corrected chi connectivity index (χ3v) is 4.91. The van der Waals surface area contributed by atoms with E-state index in [0.29, 0.717) is 30.3 Å². The first kappa shape index (κ1) is 16.5. The van der Waals surface area contributed by atoms with Gasteiger partial charge in [-0.3, -0.25) is 4.90 Å². The summed E-state index contributed by atoms with van der Waals surface area (Å²) in [6.45, 7) is 1.24. The Hall–Kier alpha value is -2.94. The zero-order valence-electron chi connectivity index (χ0n) is 13.8. The van der Waals surface area contributed by atoms with E-state index in [2.05, 4.69) is 10.6 Å². The zero-order valence-corrected chi connectivity index (χ0v) is 14.6. The summed E-state index contributed by atoms with van der Waals surface area (Å²) < 4.78 is 15.9. The molecule has 2 aliphatic heterocycles. The van der Waals surface area contributed by atoms with Gasteiger partial charge in [0, 0.05) is 10.9 Å². The quantitative estimate of drug-likeness (QED) is 0.837. The van der Waals surface area contributed by atoms with E-state index in [-0.39, 0.29) is 19.4 Å². The number of thiophene rings is 1. The molecule has 0 bridgehead atoms. The molecular weight excluding hydrogens is 358 g/mol. The van der Waals surface area contributed by atoms with Gasteiger partial charge < -0.3 is 24.8 Å². The SMILES string of the molecule is O=C(NCc1cccs1)NCC1CN(c2ccc3c(c2)OCO3)C(=O)O1.